The third kappa shape index (κ3) is 4.10. The highest BCUT2D eigenvalue weighted by atomic mass is 16.2. The van der Waals surface area contributed by atoms with Crippen molar-refractivity contribution in [3.8, 4) is 0 Å². The van der Waals surface area contributed by atoms with E-state index in [2.05, 4.69) is 29.5 Å². The minimum atomic E-state index is -1.16. The molecule has 2 amide bonds. The van der Waals surface area contributed by atoms with Crippen molar-refractivity contribution >= 4 is 28.4 Å². The Balaban J connectivity index is 2.10. The summed E-state index contributed by atoms with van der Waals surface area (Å²) in [6, 6.07) is 9.36. The predicted molar refractivity (Wildman–Crippen MR) is 96.6 cm³/mol. The van der Waals surface area contributed by atoms with E-state index >= 15 is 0 Å². The Morgan fingerprint density at radius 3 is 2.54 bits per heavy atom. The molecule has 0 saturated heterocycles. The van der Waals surface area contributed by atoms with Gasteiger partial charge >= 0.3 is 0 Å². The van der Waals surface area contributed by atoms with E-state index in [1.807, 2.05) is 24.3 Å². The van der Waals surface area contributed by atoms with Crippen molar-refractivity contribution in [2.24, 2.45) is 11.3 Å². The van der Waals surface area contributed by atoms with Gasteiger partial charge in [-0.1, -0.05) is 32.0 Å². The van der Waals surface area contributed by atoms with Gasteiger partial charge in [0.05, 0.1) is 11.2 Å². The monoisotopic (exact) mass is 327 g/mol. The summed E-state index contributed by atoms with van der Waals surface area (Å²) < 4.78 is 0. The van der Waals surface area contributed by atoms with Crippen LogP contribution in [-0.4, -0.2) is 23.3 Å². The van der Waals surface area contributed by atoms with Gasteiger partial charge in [0.2, 0.25) is 11.8 Å². The van der Waals surface area contributed by atoms with Crippen LogP contribution in [0.5, 0.6) is 0 Å². The molecule has 0 saturated carbocycles. The zero-order valence-electron chi connectivity index (χ0n) is 14.7. The Hall–Kier alpha value is -2.43. The van der Waals surface area contributed by atoms with Crippen LogP contribution in [0.4, 0.5) is 5.69 Å². The second-order valence-corrected chi connectivity index (χ2v) is 6.90. The van der Waals surface area contributed by atoms with Crippen molar-refractivity contribution < 1.29 is 9.59 Å². The number of aromatic nitrogens is 1. The summed E-state index contributed by atoms with van der Waals surface area (Å²) in [6.07, 6.45) is 2.57. The number of amides is 2. The molecule has 5 nitrogen and oxygen atoms in total. The number of carbonyl (C=O) groups excluding carboxylic acids is 2. The maximum absolute atomic E-state index is 12.6. The van der Waals surface area contributed by atoms with Crippen LogP contribution >= 0.6 is 0 Å². The molecule has 0 atom stereocenters. The lowest BCUT2D eigenvalue weighted by atomic mass is 9.90. The van der Waals surface area contributed by atoms with Gasteiger partial charge in [0, 0.05) is 18.1 Å². The molecule has 0 aliphatic rings. The first-order chi connectivity index (χ1) is 11.3. The smallest absolute Gasteiger partial charge is 0.239 e. The number of rotatable bonds is 6. The van der Waals surface area contributed by atoms with Gasteiger partial charge in [0.25, 0.3) is 0 Å². The fraction of sp³-hybridized carbons (Fsp3) is 0.421. The first kappa shape index (κ1) is 17.9. The summed E-state index contributed by atoms with van der Waals surface area (Å²) in [5.41, 5.74) is 0.166. The van der Waals surface area contributed by atoms with Gasteiger partial charge in [-0.3, -0.25) is 14.6 Å². The Bertz CT molecular complexity index is 733. The van der Waals surface area contributed by atoms with Crippen LogP contribution in [0.15, 0.2) is 36.5 Å². The molecule has 2 rings (SSSR count). The number of hydrogen-bond acceptors (Lipinski definition) is 3. The third-order valence-corrected chi connectivity index (χ3v) is 4.02. The minimum absolute atomic E-state index is 0.270. The van der Waals surface area contributed by atoms with Gasteiger partial charge in [-0.25, -0.2) is 0 Å². The molecule has 1 aromatic heterocycles. The Kier molecular flexibility index (Phi) is 5.54. The van der Waals surface area contributed by atoms with E-state index in [-0.39, 0.29) is 11.8 Å². The fourth-order valence-corrected chi connectivity index (χ4v) is 2.28. The van der Waals surface area contributed by atoms with Crippen molar-refractivity contribution in [1.82, 2.24) is 10.3 Å². The largest absolute Gasteiger partial charge is 0.355 e. The lowest BCUT2D eigenvalue weighted by Crippen LogP contribution is -2.45. The maximum Gasteiger partial charge on any atom is 0.239 e. The molecule has 0 spiro atoms. The molecule has 128 valence electrons. The second kappa shape index (κ2) is 7.43. The highest BCUT2D eigenvalue weighted by Crippen LogP contribution is 2.24. The molecule has 1 aromatic carbocycles. The van der Waals surface area contributed by atoms with Gasteiger partial charge in [-0.2, -0.15) is 0 Å². The van der Waals surface area contributed by atoms with Crippen LogP contribution in [-0.2, 0) is 9.59 Å². The molecule has 0 fully saturated rings. The average molecular weight is 327 g/mol. The van der Waals surface area contributed by atoms with Crippen LogP contribution in [0, 0.1) is 11.3 Å². The van der Waals surface area contributed by atoms with E-state index in [0.717, 1.165) is 11.8 Å². The zero-order valence-corrected chi connectivity index (χ0v) is 14.7. The second-order valence-electron chi connectivity index (χ2n) is 6.90. The van der Waals surface area contributed by atoms with E-state index in [1.165, 1.54) is 0 Å². The third-order valence-electron chi connectivity index (χ3n) is 4.02. The number of para-hydroxylation sites is 1. The molecule has 0 bridgehead atoms. The molecule has 2 aromatic rings. The predicted octanol–water partition coefficient (Wildman–Crippen LogP) is 3.36. The fourth-order valence-electron chi connectivity index (χ4n) is 2.28. The Morgan fingerprint density at radius 2 is 1.83 bits per heavy atom. The quantitative estimate of drug-likeness (QED) is 0.799. The molecule has 5 heteroatoms. The zero-order chi connectivity index (χ0) is 17.7. The van der Waals surface area contributed by atoms with Gasteiger partial charge in [-0.15, -0.1) is 0 Å². The van der Waals surface area contributed by atoms with Gasteiger partial charge < -0.3 is 10.6 Å². The molecule has 24 heavy (non-hydrogen) atoms. The average Bonchev–Trinajstić information content (AvgIpc) is 2.54. The molecule has 0 radical (unpaired) electrons. The number of fused-ring (bicyclic) bond motifs is 1. The number of benzene rings is 1. The van der Waals surface area contributed by atoms with Crippen LogP contribution in [0.1, 0.15) is 34.1 Å². The topological polar surface area (TPSA) is 71.1 Å². The van der Waals surface area contributed by atoms with Crippen LogP contribution in [0.2, 0.25) is 0 Å². The van der Waals surface area contributed by atoms with E-state index in [1.54, 1.807) is 26.1 Å². The molecule has 2 N–H and O–H groups in total. The van der Waals surface area contributed by atoms with Crippen LogP contribution in [0.3, 0.4) is 0 Å². The minimum Gasteiger partial charge on any atom is -0.355 e. The van der Waals surface area contributed by atoms with Crippen LogP contribution < -0.4 is 10.6 Å². The van der Waals surface area contributed by atoms with Gasteiger partial charge in [0.15, 0.2) is 0 Å². The number of anilines is 1. The van der Waals surface area contributed by atoms with E-state index < -0.39 is 5.41 Å². The van der Waals surface area contributed by atoms with Crippen molar-refractivity contribution in [3.05, 3.63) is 36.5 Å². The molecule has 0 aliphatic heterocycles. The normalized spacial score (nSPS) is 11.5. The summed E-state index contributed by atoms with van der Waals surface area (Å²) in [5, 5.41) is 6.63. The van der Waals surface area contributed by atoms with E-state index in [4.69, 9.17) is 0 Å². The Labute approximate surface area is 142 Å². The summed E-state index contributed by atoms with van der Waals surface area (Å²) >= 11 is 0. The number of nitrogens with one attached hydrogen (secondary N) is 2. The van der Waals surface area contributed by atoms with Crippen molar-refractivity contribution in [2.45, 2.75) is 34.1 Å². The summed E-state index contributed by atoms with van der Waals surface area (Å²) in [7, 11) is 0. The maximum atomic E-state index is 12.6. The van der Waals surface area contributed by atoms with E-state index in [9.17, 15) is 9.59 Å². The standard InChI is InChI=1S/C19H25N3O2/c1-13(2)10-12-21-17(23)19(3,4)18(24)22-15-9-5-7-14-8-6-11-20-16(14)15/h5-9,11,13H,10,12H2,1-4H3,(H,21,23)(H,22,24). The molecule has 0 unspecified atom stereocenters. The summed E-state index contributed by atoms with van der Waals surface area (Å²) in [4.78, 5) is 29.3. The molecular formula is C19H25N3O2. The highest BCUT2D eigenvalue weighted by Gasteiger charge is 2.36. The lowest BCUT2D eigenvalue weighted by Gasteiger charge is -2.23. The number of nitrogens with zero attached hydrogens (tertiary/aromatic N) is 1. The van der Waals surface area contributed by atoms with Crippen molar-refractivity contribution in [3.63, 3.8) is 0 Å². The van der Waals surface area contributed by atoms with Crippen molar-refractivity contribution in [1.29, 1.82) is 0 Å². The molecule has 1 heterocycles. The molecular weight excluding hydrogens is 302 g/mol. The molecule has 0 aliphatic carbocycles. The number of carbonyl (C=O) groups is 2. The van der Waals surface area contributed by atoms with Gasteiger partial charge in [-0.05, 0) is 38.3 Å². The Morgan fingerprint density at radius 1 is 1.12 bits per heavy atom. The SMILES string of the molecule is CC(C)CCNC(=O)C(C)(C)C(=O)Nc1cccc2cccnc12. The number of pyridine rings is 1. The summed E-state index contributed by atoms with van der Waals surface area (Å²) in [5.74, 6) is -0.111. The first-order valence-corrected chi connectivity index (χ1v) is 8.26. The first-order valence-electron chi connectivity index (χ1n) is 8.26. The van der Waals surface area contributed by atoms with E-state index in [0.29, 0.717) is 23.7 Å². The highest BCUT2D eigenvalue weighted by molar-refractivity contribution is 6.12. The van der Waals surface area contributed by atoms with Crippen molar-refractivity contribution in [2.75, 3.05) is 11.9 Å². The lowest BCUT2D eigenvalue weighted by molar-refractivity contribution is -0.138. The van der Waals surface area contributed by atoms with Gasteiger partial charge in [0.1, 0.15) is 5.41 Å². The summed E-state index contributed by atoms with van der Waals surface area (Å²) in [6.45, 7) is 8.02. The van der Waals surface area contributed by atoms with Crippen LogP contribution in [0.25, 0.3) is 10.9 Å². The number of hydrogen-bond donors (Lipinski definition) is 2.